The zero-order valence-electron chi connectivity index (χ0n) is 18.2. The van der Waals surface area contributed by atoms with Crippen molar-refractivity contribution in [1.29, 1.82) is 0 Å². The van der Waals surface area contributed by atoms with Crippen LogP contribution in [0, 0.1) is 24.0 Å². The minimum absolute atomic E-state index is 0.136. The van der Waals surface area contributed by atoms with Crippen molar-refractivity contribution < 1.29 is 18.1 Å². The van der Waals surface area contributed by atoms with E-state index >= 15 is 0 Å². The summed E-state index contributed by atoms with van der Waals surface area (Å²) in [6.45, 7) is 3.83. The molecule has 0 fully saturated rings. The number of nitrogens with one attached hydrogen (secondary N) is 1. The van der Waals surface area contributed by atoms with Crippen LogP contribution in [0.15, 0.2) is 65.6 Å². The Balaban J connectivity index is 1.65. The van der Waals surface area contributed by atoms with Crippen LogP contribution in [0.1, 0.15) is 33.5 Å². The highest BCUT2D eigenvalue weighted by atomic mass is 32.2. The summed E-state index contributed by atoms with van der Waals surface area (Å²) in [5.74, 6) is -0.512. The monoisotopic (exact) mass is 465 g/mol. The lowest BCUT2D eigenvalue weighted by molar-refractivity contribution is -0.385. The standard InChI is InChI=1S/C24H23N3O5S/c1-16-5-11-21(12-6-16)33(31,32)26-13-3-4-18-9-10-20(15-23(18)26)25-24(28)19-8-7-17(2)22(14-19)27(29)30/h5-12,14-15H,3-4,13H2,1-2H3,(H,25,28). The highest BCUT2D eigenvalue weighted by molar-refractivity contribution is 7.92. The molecule has 0 atom stereocenters. The smallest absolute Gasteiger partial charge is 0.273 e. The molecular formula is C24H23N3O5S. The second kappa shape index (κ2) is 8.67. The summed E-state index contributed by atoms with van der Waals surface area (Å²) in [7, 11) is -3.76. The highest BCUT2D eigenvalue weighted by Gasteiger charge is 2.29. The van der Waals surface area contributed by atoms with E-state index in [-0.39, 0.29) is 16.1 Å². The number of carbonyl (C=O) groups is 1. The van der Waals surface area contributed by atoms with E-state index < -0.39 is 20.9 Å². The maximum absolute atomic E-state index is 13.3. The summed E-state index contributed by atoms with van der Waals surface area (Å²) in [6, 6.07) is 16.1. The first-order valence-electron chi connectivity index (χ1n) is 10.5. The number of hydrogen-bond donors (Lipinski definition) is 1. The Morgan fingerprint density at radius 2 is 1.76 bits per heavy atom. The number of nitro groups is 1. The minimum atomic E-state index is -3.76. The summed E-state index contributed by atoms with van der Waals surface area (Å²) < 4.78 is 28.0. The van der Waals surface area contributed by atoms with Crippen molar-refractivity contribution in [2.75, 3.05) is 16.2 Å². The molecule has 0 aromatic heterocycles. The molecule has 1 N–H and O–H groups in total. The van der Waals surface area contributed by atoms with E-state index in [0.29, 0.717) is 29.9 Å². The van der Waals surface area contributed by atoms with Gasteiger partial charge in [-0.3, -0.25) is 19.2 Å². The minimum Gasteiger partial charge on any atom is -0.322 e. The Morgan fingerprint density at radius 1 is 1.03 bits per heavy atom. The van der Waals surface area contributed by atoms with Gasteiger partial charge in [0, 0.05) is 29.4 Å². The lowest BCUT2D eigenvalue weighted by atomic mass is 10.0. The van der Waals surface area contributed by atoms with E-state index in [1.54, 1.807) is 49.4 Å². The molecular weight excluding hydrogens is 442 g/mol. The zero-order chi connectivity index (χ0) is 23.8. The number of rotatable bonds is 5. The number of hydrogen-bond acceptors (Lipinski definition) is 5. The van der Waals surface area contributed by atoms with Gasteiger partial charge in [-0.05, 0) is 62.6 Å². The van der Waals surface area contributed by atoms with Crippen LogP contribution in [0.3, 0.4) is 0 Å². The van der Waals surface area contributed by atoms with Crippen molar-refractivity contribution in [2.24, 2.45) is 0 Å². The third-order valence-electron chi connectivity index (χ3n) is 5.70. The number of aryl methyl sites for hydroxylation is 3. The van der Waals surface area contributed by atoms with Crippen LogP contribution >= 0.6 is 0 Å². The normalized spacial score (nSPS) is 13.3. The van der Waals surface area contributed by atoms with E-state index in [1.807, 2.05) is 6.92 Å². The SMILES string of the molecule is Cc1ccc(S(=O)(=O)N2CCCc3ccc(NC(=O)c4ccc(C)c([N+](=O)[O-])c4)cc32)cc1. The Hall–Kier alpha value is -3.72. The van der Waals surface area contributed by atoms with Crippen LogP contribution < -0.4 is 9.62 Å². The Labute approximate surface area is 192 Å². The summed E-state index contributed by atoms with van der Waals surface area (Å²) in [5.41, 5.74) is 3.25. The maximum atomic E-state index is 13.3. The quantitative estimate of drug-likeness (QED) is 0.437. The van der Waals surface area contributed by atoms with Crippen LogP contribution in [0.25, 0.3) is 0 Å². The van der Waals surface area contributed by atoms with E-state index in [0.717, 1.165) is 17.5 Å². The number of benzene rings is 3. The fourth-order valence-corrected chi connectivity index (χ4v) is 5.39. The van der Waals surface area contributed by atoms with Gasteiger partial charge >= 0.3 is 0 Å². The van der Waals surface area contributed by atoms with Crippen molar-refractivity contribution in [3.8, 4) is 0 Å². The molecule has 0 radical (unpaired) electrons. The zero-order valence-corrected chi connectivity index (χ0v) is 19.1. The molecule has 1 heterocycles. The fourth-order valence-electron chi connectivity index (χ4n) is 3.86. The van der Waals surface area contributed by atoms with E-state index in [4.69, 9.17) is 0 Å². The second-order valence-corrected chi connectivity index (χ2v) is 9.91. The second-order valence-electron chi connectivity index (χ2n) is 8.05. The van der Waals surface area contributed by atoms with Gasteiger partial charge in [0.25, 0.3) is 21.6 Å². The van der Waals surface area contributed by atoms with Gasteiger partial charge in [0.1, 0.15) is 0 Å². The van der Waals surface area contributed by atoms with Gasteiger partial charge in [0.2, 0.25) is 0 Å². The predicted octanol–water partition coefficient (Wildman–Crippen LogP) is 4.61. The van der Waals surface area contributed by atoms with Gasteiger partial charge in [-0.1, -0.05) is 29.8 Å². The van der Waals surface area contributed by atoms with Crippen molar-refractivity contribution in [3.63, 3.8) is 0 Å². The molecule has 33 heavy (non-hydrogen) atoms. The molecule has 3 aromatic rings. The van der Waals surface area contributed by atoms with E-state index in [9.17, 15) is 23.3 Å². The van der Waals surface area contributed by atoms with Crippen LogP contribution in [0.5, 0.6) is 0 Å². The Kier molecular flexibility index (Phi) is 5.90. The molecule has 0 unspecified atom stereocenters. The third-order valence-corrected chi connectivity index (χ3v) is 7.52. The first kappa shape index (κ1) is 22.5. The lowest BCUT2D eigenvalue weighted by Gasteiger charge is -2.31. The topological polar surface area (TPSA) is 110 Å². The molecule has 3 aromatic carbocycles. The molecule has 1 amide bonds. The lowest BCUT2D eigenvalue weighted by Crippen LogP contribution is -2.35. The van der Waals surface area contributed by atoms with Gasteiger partial charge in [-0.15, -0.1) is 0 Å². The van der Waals surface area contributed by atoms with E-state index in [1.165, 1.54) is 22.5 Å². The van der Waals surface area contributed by atoms with Crippen molar-refractivity contribution >= 4 is 33.0 Å². The Bertz CT molecular complexity index is 1350. The molecule has 1 aliphatic rings. The van der Waals surface area contributed by atoms with Crippen LogP contribution in [-0.2, 0) is 16.4 Å². The van der Waals surface area contributed by atoms with Gasteiger partial charge in [0.15, 0.2) is 0 Å². The van der Waals surface area contributed by atoms with Gasteiger partial charge in [-0.25, -0.2) is 8.42 Å². The highest BCUT2D eigenvalue weighted by Crippen LogP contribution is 2.34. The number of nitro benzene ring substituents is 1. The summed E-state index contributed by atoms with van der Waals surface area (Å²) >= 11 is 0. The number of nitrogens with zero attached hydrogens (tertiary/aromatic N) is 2. The summed E-state index contributed by atoms with van der Waals surface area (Å²) in [4.78, 5) is 23.6. The predicted molar refractivity (Wildman–Crippen MR) is 126 cm³/mol. The number of amides is 1. The van der Waals surface area contributed by atoms with Crippen LogP contribution in [-0.4, -0.2) is 25.8 Å². The molecule has 1 aliphatic heterocycles. The molecule has 0 saturated carbocycles. The molecule has 0 bridgehead atoms. The first-order chi connectivity index (χ1) is 15.7. The third kappa shape index (κ3) is 4.45. The average molecular weight is 466 g/mol. The average Bonchev–Trinajstić information content (AvgIpc) is 2.79. The van der Waals surface area contributed by atoms with Crippen molar-refractivity contribution in [2.45, 2.75) is 31.6 Å². The molecule has 0 saturated heterocycles. The van der Waals surface area contributed by atoms with Gasteiger partial charge in [0.05, 0.1) is 15.5 Å². The van der Waals surface area contributed by atoms with Crippen LogP contribution in [0.4, 0.5) is 17.1 Å². The van der Waals surface area contributed by atoms with Crippen LogP contribution in [0.2, 0.25) is 0 Å². The Morgan fingerprint density at radius 3 is 2.45 bits per heavy atom. The summed E-state index contributed by atoms with van der Waals surface area (Å²) in [5, 5.41) is 13.9. The fraction of sp³-hybridized carbons (Fsp3) is 0.208. The van der Waals surface area contributed by atoms with Crippen molar-refractivity contribution in [3.05, 3.63) is 93.0 Å². The largest absolute Gasteiger partial charge is 0.322 e. The molecule has 4 rings (SSSR count). The molecule has 9 heteroatoms. The molecule has 170 valence electrons. The van der Waals surface area contributed by atoms with Crippen molar-refractivity contribution in [1.82, 2.24) is 0 Å². The first-order valence-corrected chi connectivity index (χ1v) is 11.9. The van der Waals surface area contributed by atoms with Gasteiger partial charge < -0.3 is 5.32 Å². The number of carbonyl (C=O) groups excluding carboxylic acids is 1. The molecule has 0 spiro atoms. The van der Waals surface area contributed by atoms with E-state index in [2.05, 4.69) is 5.32 Å². The molecule has 0 aliphatic carbocycles. The molecule has 8 nitrogen and oxygen atoms in total. The number of fused-ring (bicyclic) bond motifs is 1. The van der Waals surface area contributed by atoms with Gasteiger partial charge in [-0.2, -0.15) is 0 Å². The maximum Gasteiger partial charge on any atom is 0.273 e. The number of sulfonamides is 1. The number of anilines is 2. The summed E-state index contributed by atoms with van der Waals surface area (Å²) in [6.07, 6.45) is 1.42.